The van der Waals surface area contributed by atoms with Crippen LogP contribution in [-0.2, 0) is 21.7 Å². The summed E-state index contributed by atoms with van der Waals surface area (Å²) in [6.07, 6.45) is 1.50. The first-order valence-electron chi connectivity index (χ1n) is 5.80. The maximum absolute atomic E-state index is 7.57. The Morgan fingerprint density at radius 1 is 0.947 bits per heavy atom. The largest absolute Gasteiger partial charge is 2.00 e. The summed E-state index contributed by atoms with van der Waals surface area (Å²) in [5, 5.41) is 22.7. The Bertz CT molecular complexity index is 151. The van der Waals surface area contributed by atoms with E-state index in [9.17, 15) is 0 Å². The van der Waals surface area contributed by atoms with E-state index < -0.39 is 0 Å². The van der Waals surface area contributed by atoms with Crippen LogP contribution >= 0.6 is 0 Å². The molecule has 0 saturated carbocycles. The summed E-state index contributed by atoms with van der Waals surface area (Å²) in [6, 6.07) is 12.5. The van der Waals surface area contributed by atoms with Crippen LogP contribution in [0.15, 0.2) is 43.0 Å². The Labute approximate surface area is 133 Å². The second-order valence-corrected chi connectivity index (χ2v) is 2.31. The second kappa shape index (κ2) is 52.9. The molecular weight excluding hydrogens is 276 g/mol. The topological polar surface area (TPSA) is 60.7 Å². The van der Waals surface area contributed by atoms with Crippen LogP contribution in [0.3, 0.4) is 0 Å². The van der Waals surface area contributed by atoms with Crippen molar-refractivity contribution in [3.05, 3.63) is 56.0 Å². The van der Waals surface area contributed by atoms with Gasteiger partial charge in [-0.1, -0.05) is 0 Å². The first-order chi connectivity index (χ1) is 8.66. The molecule has 1 aromatic carbocycles. The molecule has 0 heterocycles. The summed E-state index contributed by atoms with van der Waals surface area (Å²) in [6.45, 7) is 12.3. The fraction of sp³-hybridized carbons (Fsp3) is 0.400. The Morgan fingerprint density at radius 3 is 1.21 bits per heavy atom. The zero-order valence-electron chi connectivity index (χ0n) is 12.3. The Balaban J connectivity index is -0.0000000449. The van der Waals surface area contributed by atoms with Crippen LogP contribution in [0.2, 0.25) is 0 Å². The summed E-state index contributed by atoms with van der Waals surface area (Å²) >= 11 is 0. The maximum atomic E-state index is 7.57. The van der Waals surface area contributed by atoms with Crippen LogP contribution in [0.1, 0.15) is 20.8 Å². The number of aliphatic hydroxyl groups is 3. The van der Waals surface area contributed by atoms with Gasteiger partial charge in [-0.3, -0.25) is 0 Å². The number of rotatable bonds is 0. The molecule has 19 heavy (non-hydrogen) atoms. The van der Waals surface area contributed by atoms with Crippen molar-refractivity contribution in [3.8, 4) is 0 Å². The van der Waals surface area contributed by atoms with Gasteiger partial charge in [-0.2, -0.15) is 36.4 Å². The van der Waals surface area contributed by atoms with Crippen molar-refractivity contribution in [3.63, 3.8) is 0 Å². The van der Waals surface area contributed by atoms with Crippen molar-refractivity contribution < 1.29 is 37.0 Å². The van der Waals surface area contributed by atoms with Crippen LogP contribution in [0.4, 0.5) is 0 Å². The van der Waals surface area contributed by atoms with Crippen molar-refractivity contribution in [2.75, 3.05) is 19.8 Å². The van der Waals surface area contributed by atoms with Gasteiger partial charge in [-0.15, -0.1) is 0 Å². The van der Waals surface area contributed by atoms with Gasteiger partial charge in [-0.05, 0) is 20.8 Å². The monoisotopic (exact) mass is 304 g/mol. The average Bonchev–Trinajstić information content (AvgIpc) is 2.35. The van der Waals surface area contributed by atoms with E-state index in [0.717, 1.165) is 0 Å². The van der Waals surface area contributed by atoms with Gasteiger partial charge in [-0.25, -0.2) is 19.6 Å². The molecule has 0 fully saturated rings. The number of hydrogen-bond donors (Lipinski definition) is 3. The standard InChI is InChI=1S/C6H5.C3H5.3C2H6O.Ti/c1-2-4-6-5-3-1;1-3-2;3*1-2-3;/h1-5H;3H,1-2H2;3*3H,2H2,1H3;/q2*-1;;;;+2. The molecule has 0 bridgehead atoms. The summed E-state index contributed by atoms with van der Waals surface area (Å²) < 4.78 is 0. The smallest absolute Gasteiger partial charge is 0.397 e. The molecule has 0 unspecified atom stereocenters. The minimum atomic E-state index is 0. The summed E-state index contributed by atoms with van der Waals surface area (Å²) in [7, 11) is 0. The number of hydrogen-bond acceptors (Lipinski definition) is 3. The zero-order chi connectivity index (χ0) is 15.1. The maximum Gasteiger partial charge on any atom is 2.00 e. The van der Waals surface area contributed by atoms with E-state index in [1.54, 1.807) is 20.8 Å². The molecule has 0 saturated heterocycles. The molecule has 0 atom stereocenters. The minimum absolute atomic E-state index is 0. The molecule has 0 aliphatic carbocycles. The fourth-order valence-electron chi connectivity index (χ4n) is 0.342. The van der Waals surface area contributed by atoms with Gasteiger partial charge in [0.15, 0.2) is 0 Å². The molecule has 0 spiro atoms. The van der Waals surface area contributed by atoms with Gasteiger partial charge in [0.2, 0.25) is 0 Å². The fourth-order valence-corrected chi connectivity index (χ4v) is 0.342. The predicted octanol–water partition coefficient (Wildman–Crippen LogP) is 2.49. The van der Waals surface area contributed by atoms with Gasteiger partial charge >= 0.3 is 21.7 Å². The molecular formula is C15H28O3Ti. The molecule has 3 N–H and O–H groups in total. The van der Waals surface area contributed by atoms with Crippen molar-refractivity contribution in [2.45, 2.75) is 20.8 Å². The van der Waals surface area contributed by atoms with E-state index in [2.05, 4.69) is 19.6 Å². The molecule has 110 valence electrons. The van der Waals surface area contributed by atoms with Gasteiger partial charge in [0.25, 0.3) is 0 Å². The van der Waals surface area contributed by atoms with E-state index in [1.165, 1.54) is 6.08 Å². The third-order valence-electron chi connectivity index (χ3n) is 0.607. The Hall–Kier alpha value is -0.576. The van der Waals surface area contributed by atoms with E-state index in [0.29, 0.717) is 0 Å². The molecule has 1 rings (SSSR count). The van der Waals surface area contributed by atoms with Crippen LogP contribution in [-0.4, -0.2) is 35.1 Å². The predicted molar refractivity (Wildman–Crippen MR) is 79.1 cm³/mol. The number of aliphatic hydroxyl groups excluding tert-OH is 3. The van der Waals surface area contributed by atoms with Crippen molar-refractivity contribution >= 4 is 0 Å². The number of benzene rings is 1. The minimum Gasteiger partial charge on any atom is -0.397 e. The molecule has 0 aliphatic rings. The van der Waals surface area contributed by atoms with E-state index in [1.807, 2.05) is 30.3 Å². The van der Waals surface area contributed by atoms with Gasteiger partial charge < -0.3 is 15.3 Å². The van der Waals surface area contributed by atoms with E-state index >= 15 is 0 Å². The van der Waals surface area contributed by atoms with Crippen LogP contribution in [0, 0.1) is 13.0 Å². The first kappa shape index (κ1) is 31.0. The third-order valence-corrected chi connectivity index (χ3v) is 0.607. The van der Waals surface area contributed by atoms with Crippen molar-refractivity contribution in [1.82, 2.24) is 0 Å². The third kappa shape index (κ3) is 141. The molecule has 0 aromatic heterocycles. The Morgan fingerprint density at radius 2 is 1.16 bits per heavy atom. The van der Waals surface area contributed by atoms with Crippen LogP contribution in [0.25, 0.3) is 0 Å². The van der Waals surface area contributed by atoms with Crippen LogP contribution < -0.4 is 0 Å². The van der Waals surface area contributed by atoms with Crippen LogP contribution in [0.5, 0.6) is 0 Å². The quantitative estimate of drug-likeness (QED) is 0.510. The summed E-state index contributed by atoms with van der Waals surface area (Å²) in [5.74, 6) is 0. The molecule has 1 aromatic rings. The molecule has 3 nitrogen and oxygen atoms in total. The van der Waals surface area contributed by atoms with Gasteiger partial charge in [0.05, 0.1) is 0 Å². The SMILES string of the molecule is C=C[CH2-].CCO.CCO.CCO.[Ti+2].[c-]1ccccc1. The second-order valence-electron chi connectivity index (χ2n) is 2.31. The summed E-state index contributed by atoms with van der Waals surface area (Å²) in [4.78, 5) is 0. The van der Waals surface area contributed by atoms with Crippen molar-refractivity contribution in [2.24, 2.45) is 0 Å². The van der Waals surface area contributed by atoms with E-state index in [-0.39, 0.29) is 41.5 Å². The molecule has 0 aliphatic heterocycles. The van der Waals surface area contributed by atoms with Gasteiger partial charge in [0, 0.05) is 19.8 Å². The first-order valence-corrected chi connectivity index (χ1v) is 5.80. The van der Waals surface area contributed by atoms with Crippen molar-refractivity contribution in [1.29, 1.82) is 0 Å². The Kier molecular flexibility index (Phi) is 86.5. The van der Waals surface area contributed by atoms with E-state index in [4.69, 9.17) is 15.3 Å². The zero-order valence-corrected chi connectivity index (χ0v) is 13.9. The number of allylic oxidation sites excluding steroid dienone is 1. The molecule has 4 heteroatoms. The molecule has 0 radical (unpaired) electrons. The summed E-state index contributed by atoms with van der Waals surface area (Å²) in [5.41, 5.74) is 0. The average molecular weight is 304 g/mol. The van der Waals surface area contributed by atoms with Gasteiger partial charge in [0.1, 0.15) is 0 Å². The molecule has 0 amide bonds. The normalized spacial score (nSPS) is 6.00.